The number of carboxylic acid groups (broad SMARTS) is 1. The van der Waals surface area contributed by atoms with E-state index in [1.807, 2.05) is 6.92 Å². The van der Waals surface area contributed by atoms with Crippen molar-refractivity contribution in [2.75, 3.05) is 0 Å². The first-order chi connectivity index (χ1) is 19.1. The van der Waals surface area contributed by atoms with E-state index < -0.39 is 58.8 Å². The van der Waals surface area contributed by atoms with Gasteiger partial charge < -0.3 is 19.3 Å². The van der Waals surface area contributed by atoms with E-state index >= 15 is 0 Å². The van der Waals surface area contributed by atoms with Crippen LogP contribution in [0.5, 0.6) is 0 Å². The van der Waals surface area contributed by atoms with Gasteiger partial charge in [-0.2, -0.15) is 0 Å². The van der Waals surface area contributed by atoms with Gasteiger partial charge in [-0.05, 0) is 65.1 Å². The molecule has 0 bridgehead atoms. The van der Waals surface area contributed by atoms with Gasteiger partial charge >= 0.3 is 5.97 Å². The Balaban J connectivity index is 1.86. The number of carboxylic acids is 1. The molecule has 3 aromatic rings. The smallest absolute Gasteiger partial charge is 0.326 e. The number of morpholine rings is 1. The second-order valence-electron chi connectivity index (χ2n) is 9.55. The Bertz CT molecular complexity index is 1390. The average Bonchev–Trinajstić information content (AvgIpc) is 2.90. The van der Waals surface area contributed by atoms with Crippen molar-refractivity contribution in [3.05, 3.63) is 105 Å². The van der Waals surface area contributed by atoms with E-state index in [2.05, 4.69) is 0 Å². The van der Waals surface area contributed by atoms with Gasteiger partial charge in [0.2, 0.25) is 0 Å². The Morgan fingerprint density at radius 3 is 2.20 bits per heavy atom. The summed E-state index contributed by atoms with van der Waals surface area (Å²) in [6.07, 6.45) is -1.37. The molecule has 1 unspecified atom stereocenters. The quantitative estimate of drug-likeness (QED) is 0.283. The zero-order valence-electron chi connectivity index (χ0n) is 21.5. The molecule has 5 atom stereocenters. The molecule has 1 amide bonds. The SMILES string of the molecule is CCC[C@H](C(=O)O)N1C(=O)[C@H](Cc2ccc(F)cc2CS(=O)[O-])O[C@@H](c2ccc(Cl)cc2)[C@H]1c1ccc(Cl)cc1. The van der Waals surface area contributed by atoms with Crippen molar-refractivity contribution < 1.29 is 32.6 Å². The van der Waals surface area contributed by atoms with Crippen LogP contribution >= 0.6 is 23.2 Å². The number of amides is 1. The van der Waals surface area contributed by atoms with Crippen molar-refractivity contribution in [2.45, 2.75) is 56.2 Å². The summed E-state index contributed by atoms with van der Waals surface area (Å²) < 4.78 is 43.3. The van der Waals surface area contributed by atoms with Gasteiger partial charge in [0.25, 0.3) is 5.91 Å². The Hall–Kier alpha value is -2.82. The summed E-state index contributed by atoms with van der Waals surface area (Å²) in [7, 11) is 0. The molecule has 1 N–H and O–H groups in total. The lowest BCUT2D eigenvalue weighted by molar-refractivity contribution is -0.184. The molecule has 0 saturated carbocycles. The molecule has 0 radical (unpaired) electrons. The highest BCUT2D eigenvalue weighted by Crippen LogP contribution is 2.44. The van der Waals surface area contributed by atoms with Gasteiger partial charge in [0.05, 0.1) is 6.04 Å². The van der Waals surface area contributed by atoms with Gasteiger partial charge in [-0.25, -0.2) is 9.18 Å². The number of halogens is 3. The van der Waals surface area contributed by atoms with Crippen molar-refractivity contribution in [1.82, 2.24) is 4.90 Å². The maximum absolute atomic E-state index is 14.1. The summed E-state index contributed by atoms with van der Waals surface area (Å²) in [4.78, 5) is 28.0. The topological polar surface area (TPSA) is 107 Å². The molecule has 11 heteroatoms. The maximum atomic E-state index is 14.1. The normalized spacial score (nSPS) is 20.8. The number of rotatable bonds is 10. The lowest BCUT2D eigenvalue weighted by Crippen LogP contribution is -2.57. The Morgan fingerprint density at radius 1 is 1.05 bits per heavy atom. The molecule has 3 aromatic carbocycles. The number of hydrogen-bond donors (Lipinski definition) is 1. The summed E-state index contributed by atoms with van der Waals surface area (Å²) in [5.41, 5.74) is 1.89. The third kappa shape index (κ3) is 6.90. The largest absolute Gasteiger partial charge is 0.772 e. The number of carbonyl (C=O) groups excluding carboxylic acids is 1. The van der Waals surface area contributed by atoms with Gasteiger partial charge in [0.15, 0.2) is 0 Å². The summed E-state index contributed by atoms with van der Waals surface area (Å²) in [6.45, 7) is 1.83. The van der Waals surface area contributed by atoms with Gasteiger partial charge in [0.1, 0.15) is 24.1 Å². The fourth-order valence-corrected chi connectivity index (χ4v) is 5.83. The average molecular weight is 608 g/mol. The number of benzene rings is 3. The van der Waals surface area contributed by atoms with E-state index in [-0.39, 0.29) is 18.4 Å². The zero-order chi connectivity index (χ0) is 29.0. The second kappa shape index (κ2) is 13.2. The molecule has 1 saturated heterocycles. The third-order valence-corrected chi connectivity index (χ3v) is 7.92. The lowest BCUT2D eigenvalue weighted by atomic mass is 9.88. The number of nitrogens with zero attached hydrogens (tertiary/aromatic N) is 1. The van der Waals surface area contributed by atoms with Crippen LogP contribution < -0.4 is 0 Å². The first-order valence-electron chi connectivity index (χ1n) is 12.6. The summed E-state index contributed by atoms with van der Waals surface area (Å²) in [6, 6.07) is 15.4. The second-order valence-corrected chi connectivity index (χ2v) is 11.3. The molecule has 0 aliphatic carbocycles. The van der Waals surface area contributed by atoms with E-state index in [4.69, 9.17) is 27.9 Å². The number of hydrogen-bond acceptors (Lipinski definition) is 5. The minimum atomic E-state index is -2.50. The van der Waals surface area contributed by atoms with Crippen LogP contribution in [-0.4, -0.2) is 42.8 Å². The van der Waals surface area contributed by atoms with Crippen molar-refractivity contribution in [1.29, 1.82) is 0 Å². The van der Waals surface area contributed by atoms with Crippen molar-refractivity contribution in [2.24, 2.45) is 0 Å². The van der Waals surface area contributed by atoms with Crippen LogP contribution in [0.2, 0.25) is 10.0 Å². The Morgan fingerprint density at radius 2 is 1.65 bits per heavy atom. The van der Waals surface area contributed by atoms with Gasteiger partial charge in [-0.15, -0.1) is 0 Å². The molecule has 0 spiro atoms. The van der Waals surface area contributed by atoms with E-state index in [1.165, 1.54) is 17.0 Å². The highest BCUT2D eigenvalue weighted by molar-refractivity contribution is 7.78. The van der Waals surface area contributed by atoms with Crippen molar-refractivity contribution >= 4 is 46.2 Å². The highest BCUT2D eigenvalue weighted by atomic mass is 35.5. The molecule has 7 nitrogen and oxygen atoms in total. The predicted molar refractivity (Wildman–Crippen MR) is 149 cm³/mol. The van der Waals surface area contributed by atoms with Crippen LogP contribution in [0.25, 0.3) is 0 Å². The fourth-order valence-electron chi connectivity index (χ4n) is 5.06. The molecule has 1 heterocycles. The molecular formula is C29H27Cl2FNO6S-. The number of aliphatic carboxylic acids is 1. The molecule has 1 fully saturated rings. The molecule has 1 aliphatic rings. The van der Waals surface area contributed by atoms with Crippen molar-refractivity contribution in [3.8, 4) is 0 Å². The van der Waals surface area contributed by atoms with Crippen LogP contribution in [0.3, 0.4) is 0 Å². The fraction of sp³-hybridized carbons (Fsp3) is 0.310. The maximum Gasteiger partial charge on any atom is 0.326 e. The lowest BCUT2D eigenvalue weighted by Gasteiger charge is -2.47. The Kier molecular flexibility index (Phi) is 9.97. The summed E-state index contributed by atoms with van der Waals surface area (Å²) in [5, 5.41) is 11.2. The van der Waals surface area contributed by atoms with Crippen molar-refractivity contribution in [3.63, 3.8) is 0 Å². The first-order valence-corrected chi connectivity index (χ1v) is 14.6. The minimum Gasteiger partial charge on any atom is -0.772 e. The monoisotopic (exact) mass is 606 g/mol. The van der Waals surface area contributed by atoms with Gasteiger partial charge in [-0.3, -0.25) is 9.00 Å². The van der Waals surface area contributed by atoms with Crippen LogP contribution in [0.1, 0.15) is 54.2 Å². The van der Waals surface area contributed by atoms with E-state index in [1.54, 1.807) is 48.5 Å². The molecule has 0 aromatic heterocycles. The van der Waals surface area contributed by atoms with Gasteiger partial charge in [0, 0.05) is 22.2 Å². The van der Waals surface area contributed by atoms with Crippen LogP contribution in [0.15, 0.2) is 66.7 Å². The first kappa shape index (κ1) is 30.1. The van der Waals surface area contributed by atoms with Crippen LogP contribution in [-0.2, 0) is 37.6 Å². The van der Waals surface area contributed by atoms with E-state index in [0.29, 0.717) is 33.2 Å². The highest BCUT2D eigenvalue weighted by Gasteiger charge is 2.48. The standard InChI is InChI=1S/C29H28Cl2FNO6S/c1-2-3-24(29(35)36)33-26(17-4-9-21(30)10-5-17)27(18-6-11-22(31)12-7-18)39-25(28(33)34)15-19-8-13-23(32)14-20(19)16-40(37)38/h4-14,24-27H,2-3,15-16H2,1H3,(H,35,36)(H,37,38)/p-1/t24-,25+,26-,27+/m1/s1. The number of ether oxygens (including phenoxy) is 1. The molecule has 4 rings (SSSR count). The Labute approximate surface area is 244 Å². The molecule has 212 valence electrons. The van der Waals surface area contributed by atoms with Gasteiger partial charge in [-0.1, -0.05) is 78.0 Å². The zero-order valence-corrected chi connectivity index (χ0v) is 23.8. The molecule has 1 aliphatic heterocycles. The van der Waals surface area contributed by atoms with Crippen LogP contribution in [0, 0.1) is 5.82 Å². The molecule has 40 heavy (non-hydrogen) atoms. The summed E-state index contributed by atoms with van der Waals surface area (Å²) >= 11 is 9.77. The number of carbonyl (C=O) groups is 2. The predicted octanol–water partition coefficient (Wildman–Crippen LogP) is 6.02. The van der Waals surface area contributed by atoms with Crippen LogP contribution in [0.4, 0.5) is 4.39 Å². The van der Waals surface area contributed by atoms with E-state index in [0.717, 1.165) is 6.07 Å². The van der Waals surface area contributed by atoms with E-state index in [9.17, 15) is 27.8 Å². The minimum absolute atomic E-state index is 0.0853. The third-order valence-electron chi connectivity index (χ3n) is 6.87. The summed E-state index contributed by atoms with van der Waals surface area (Å²) in [5.74, 6) is -2.78. The molecular weight excluding hydrogens is 580 g/mol.